The van der Waals surface area contributed by atoms with E-state index in [2.05, 4.69) is 16.9 Å². The largest absolute Gasteiger partial charge is 0.467 e. The second kappa shape index (κ2) is 6.89. The Labute approximate surface area is 144 Å². The molecule has 5 nitrogen and oxygen atoms in total. The van der Waals surface area contributed by atoms with Crippen LogP contribution in [0.1, 0.15) is 19.8 Å². The maximum atomic E-state index is 12.3. The highest BCUT2D eigenvalue weighted by molar-refractivity contribution is 6.38. The molecule has 1 unspecified atom stereocenters. The first-order valence-electron chi connectivity index (χ1n) is 7.55. The summed E-state index contributed by atoms with van der Waals surface area (Å²) in [5.74, 6) is 0.819. The molecule has 1 aromatic carbocycles. The number of fused-ring (bicyclic) bond motifs is 1. The third-order valence-electron chi connectivity index (χ3n) is 3.96. The topological polar surface area (TPSA) is 55.3 Å². The van der Waals surface area contributed by atoms with Crippen LogP contribution in [0.5, 0.6) is 5.88 Å². The van der Waals surface area contributed by atoms with Crippen LogP contribution >= 0.6 is 23.2 Å². The van der Waals surface area contributed by atoms with Gasteiger partial charge in [-0.15, -0.1) is 0 Å². The molecule has 0 saturated carbocycles. The fraction of sp³-hybridized carbons (Fsp3) is 0.438. The molecule has 1 aromatic heterocycles. The van der Waals surface area contributed by atoms with Crippen LogP contribution in [0.4, 0.5) is 0 Å². The van der Waals surface area contributed by atoms with E-state index in [4.69, 9.17) is 27.9 Å². The van der Waals surface area contributed by atoms with Crippen molar-refractivity contribution >= 4 is 40.0 Å². The Morgan fingerprint density at radius 2 is 2.22 bits per heavy atom. The summed E-state index contributed by atoms with van der Waals surface area (Å²) < 4.78 is 5.62. The van der Waals surface area contributed by atoms with E-state index >= 15 is 0 Å². The Morgan fingerprint density at radius 3 is 3.00 bits per heavy atom. The Kier molecular flexibility index (Phi) is 4.87. The van der Waals surface area contributed by atoms with Gasteiger partial charge in [0.25, 0.3) is 5.91 Å². The monoisotopic (exact) mass is 353 g/mol. The summed E-state index contributed by atoms with van der Waals surface area (Å²) in [6, 6.07) is 3.30. The fourth-order valence-electron chi connectivity index (χ4n) is 2.82. The van der Waals surface area contributed by atoms with E-state index in [9.17, 15) is 4.79 Å². The van der Waals surface area contributed by atoms with Crippen LogP contribution in [0.25, 0.3) is 10.9 Å². The predicted molar refractivity (Wildman–Crippen MR) is 90.0 cm³/mol. The third kappa shape index (κ3) is 3.67. The van der Waals surface area contributed by atoms with Gasteiger partial charge in [0, 0.05) is 18.1 Å². The summed E-state index contributed by atoms with van der Waals surface area (Å²) in [5, 5.41) is 1.50. The normalized spacial score (nSPS) is 18.2. The zero-order valence-electron chi connectivity index (χ0n) is 12.8. The van der Waals surface area contributed by atoms with Gasteiger partial charge in [-0.2, -0.15) is 0 Å². The molecule has 1 saturated heterocycles. The van der Waals surface area contributed by atoms with E-state index in [1.165, 1.54) is 6.33 Å². The Hall–Kier alpha value is -1.59. The second-order valence-corrected chi connectivity index (χ2v) is 6.68. The van der Waals surface area contributed by atoms with Crippen molar-refractivity contribution < 1.29 is 9.53 Å². The molecule has 2 heterocycles. The first kappa shape index (κ1) is 16.3. The number of amides is 1. The van der Waals surface area contributed by atoms with Crippen molar-refractivity contribution in [2.45, 2.75) is 19.8 Å². The molecular weight excluding hydrogens is 337 g/mol. The summed E-state index contributed by atoms with van der Waals surface area (Å²) >= 11 is 12.2. The molecule has 1 aliphatic heterocycles. The number of hydrogen-bond donors (Lipinski definition) is 0. The summed E-state index contributed by atoms with van der Waals surface area (Å²) in [7, 11) is 0. The SMILES string of the molecule is CC1CCCN(C(=O)COc2ncnc3c(Cl)cc(Cl)cc23)C1. The number of carbonyl (C=O) groups excluding carboxylic acids is 1. The number of nitrogens with zero attached hydrogens (tertiary/aromatic N) is 3. The molecule has 1 atom stereocenters. The average Bonchev–Trinajstić information content (AvgIpc) is 2.52. The Balaban J connectivity index is 1.75. The molecule has 7 heteroatoms. The molecule has 0 bridgehead atoms. The third-order valence-corrected chi connectivity index (χ3v) is 4.47. The highest BCUT2D eigenvalue weighted by atomic mass is 35.5. The molecule has 1 aliphatic rings. The number of ether oxygens (including phenoxy) is 1. The molecule has 1 amide bonds. The predicted octanol–water partition coefficient (Wildman–Crippen LogP) is 3.57. The van der Waals surface area contributed by atoms with Crippen LogP contribution in [0.15, 0.2) is 18.5 Å². The maximum Gasteiger partial charge on any atom is 0.260 e. The number of hydrogen-bond acceptors (Lipinski definition) is 4. The number of halogens is 2. The van der Waals surface area contributed by atoms with Gasteiger partial charge in [-0.3, -0.25) is 4.79 Å². The fourth-order valence-corrected chi connectivity index (χ4v) is 3.36. The van der Waals surface area contributed by atoms with Crippen LogP contribution in [0.3, 0.4) is 0 Å². The number of aromatic nitrogens is 2. The molecule has 0 aliphatic carbocycles. The molecule has 122 valence electrons. The van der Waals surface area contributed by atoms with Crippen LogP contribution in [0.2, 0.25) is 10.0 Å². The van der Waals surface area contributed by atoms with E-state index in [1.54, 1.807) is 12.1 Å². The van der Waals surface area contributed by atoms with Crippen LogP contribution in [0, 0.1) is 5.92 Å². The zero-order valence-corrected chi connectivity index (χ0v) is 14.3. The van der Waals surface area contributed by atoms with E-state index in [-0.39, 0.29) is 12.5 Å². The lowest BCUT2D eigenvalue weighted by Gasteiger charge is -2.30. The van der Waals surface area contributed by atoms with Gasteiger partial charge >= 0.3 is 0 Å². The van der Waals surface area contributed by atoms with E-state index in [1.807, 2.05) is 4.90 Å². The van der Waals surface area contributed by atoms with Crippen molar-refractivity contribution in [3.05, 3.63) is 28.5 Å². The van der Waals surface area contributed by atoms with Gasteiger partial charge in [-0.1, -0.05) is 30.1 Å². The van der Waals surface area contributed by atoms with Gasteiger partial charge in [0.05, 0.1) is 15.9 Å². The molecule has 3 rings (SSSR count). The van der Waals surface area contributed by atoms with Crippen molar-refractivity contribution in [3.63, 3.8) is 0 Å². The smallest absolute Gasteiger partial charge is 0.260 e. The number of carbonyl (C=O) groups is 1. The van der Waals surface area contributed by atoms with Gasteiger partial charge in [0.15, 0.2) is 6.61 Å². The molecule has 0 radical (unpaired) electrons. The highest BCUT2D eigenvalue weighted by Gasteiger charge is 2.21. The lowest BCUT2D eigenvalue weighted by Crippen LogP contribution is -2.41. The standard InChI is InChI=1S/C16H17Cl2N3O2/c1-10-3-2-4-21(7-10)14(22)8-23-16-12-5-11(17)6-13(18)15(12)19-9-20-16/h5-6,9-10H,2-4,7-8H2,1H3. The van der Waals surface area contributed by atoms with Crippen LogP contribution in [-0.2, 0) is 4.79 Å². The quantitative estimate of drug-likeness (QED) is 0.846. The number of benzene rings is 1. The number of likely N-dealkylation sites (tertiary alicyclic amines) is 1. The average molecular weight is 354 g/mol. The first-order chi connectivity index (χ1) is 11.0. The Bertz CT molecular complexity index is 739. The summed E-state index contributed by atoms with van der Waals surface area (Å²) in [5.41, 5.74) is 0.556. The lowest BCUT2D eigenvalue weighted by atomic mass is 10.0. The van der Waals surface area contributed by atoms with Crippen LogP contribution in [-0.4, -0.2) is 40.5 Å². The van der Waals surface area contributed by atoms with E-state index in [0.29, 0.717) is 32.7 Å². The summed E-state index contributed by atoms with van der Waals surface area (Å²) in [6.07, 6.45) is 3.57. The lowest BCUT2D eigenvalue weighted by molar-refractivity contribution is -0.135. The molecule has 23 heavy (non-hydrogen) atoms. The van der Waals surface area contributed by atoms with Crippen molar-refractivity contribution in [3.8, 4) is 5.88 Å². The molecular formula is C16H17Cl2N3O2. The zero-order chi connectivity index (χ0) is 16.4. The van der Waals surface area contributed by atoms with Crippen molar-refractivity contribution in [2.24, 2.45) is 5.92 Å². The van der Waals surface area contributed by atoms with E-state index in [0.717, 1.165) is 25.9 Å². The molecule has 0 spiro atoms. The molecule has 1 fully saturated rings. The molecule has 2 aromatic rings. The summed E-state index contributed by atoms with van der Waals surface area (Å²) in [6.45, 7) is 3.67. The number of piperidine rings is 1. The van der Waals surface area contributed by atoms with E-state index < -0.39 is 0 Å². The minimum atomic E-state index is -0.0526. The van der Waals surface area contributed by atoms with Gasteiger partial charge in [-0.25, -0.2) is 9.97 Å². The second-order valence-electron chi connectivity index (χ2n) is 5.84. The first-order valence-corrected chi connectivity index (χ1v) is 8.30. The van der Waals surface area contributed by atoms with Gasteiger partial charge < -0.3 is 9.64 Å². The van der Waals surface area contributed by atoms with Crippen molar-refractivity contribution in [1.29, 1.82) is 0 Å². The molecule has 0 N–H and O–H groups in total. The highest BCUT2D eigenvalue weighted by Crippen LogP contribution is 2.30. The number of rotatable bonds is 3. The summed E-state index contributed by atoms with van der Waals surface area (Å²) in [4.78, 5) is 22.4. The van der Waals surface area contributed by atoms with Crippen molar-refractivity contribution in [1.82, 2.24) is 14.9 Å². The van der Waals surface area contributed by atoms with Crippen LogP contribution < -0.4 is 4.74 Å². The van der Waals surface area contributed by atoms with Gasteiger partial charge in [-0.05, 0) is 30.9 Å². The minimum Gasteiger partial charge on any atom is -0.467 e. The Morgan fingerprint density at radius 1 is 1.39 bits per heavy atom. The van der Waals surface area contributed by atoms with Gasteiger partial charge in [0.1, 0.15) is 6.33 Å². The van der Waals surface area contributed by atoms with Crippen molar-refractivity contribution in [2.75, 3.05) is 19.7 Å². The van der Waals surface area contributed by atoms with Gasteiger partial charge in [0.2, 0.25) is 5.88 Å². The maximum absolute atomic E-state index is 12.3. The minimum absolute atomic E-state index is 0.0311.